The van der Waals surface area contributed by atoms with Crippen LogP contribution in [0.15, 0.2) is 60.7 Å². The van der Waals surface area contributed by atoms with E-state index in [1.165, 1.54) is 18.2 Å². The normalized spacial score (nSPS) is 10.4. The Morgan fingerprint density at radius 2 is 1.84 bits per heavy atom. The van der Waals surface area contributed by atoms with Gasteiger partial charge in [-0.3, -0.25) is 14.9 Å². The molecule has 7 heteroatoms. The Hall–Kier alpha value is -3.12. The summed E-state index contributed by atoms with van der Waals surface area (Å²) in [7, 11) is 0. The molecule has 0 aliphatic heterocycles. The minimum atomic E-state index is -0.558. The molecule has 0 bridgehead atoms. The number of fused-ring (bicyclic) bond motifs is 1. The second-order valence-electron chi connectivity index (χ2n) is 5.27. The Labute approximate surface area is 148 Å². The molecule has 3 aromatic rings. The molecule has 0 unspecified atom stereocenters. The summed E-state index contributed by atoms with van der Waals surface area (Å²) >= 11 is 5.95. The fourth-order valence-electron chi connectivity index (χ4n) is 2.31. The van der Waals surface area contributed by atoms with Crippen molar-refractivity contribution in [2.45, 2.75) is 0 Å². The molecule has 3 aromatic carbocycles. The van der Waals surface area contributed by atoms with Gasteiger partial charge in [-0.2, -0.15) is 0 Å². The van der Waals surface area contributed by atoms with E-state index in [-0.39, 0.29) is 23.0 Å². The largest absolute Gasteiger partial charge is 0.484 e. The number of carbonyl (C=O) groups excluding carboxylic acids is 1. The van der Waals surface area contributed by atoms with Gasteiger partial charge < -0.3 is 10.1 Å². The van der Waals surface area contributed by atoms with Crippen LogP contribution in [0.3, 0.4) is 0 Å². The van der Waals surface area contributed by atoms with Gasteiger partial charge in [0.1, 0.15) is 5.75 Å². The summed E-state index contributed by atoms with van der Waals surface area (Å²) in [5, 5.41) is 15.6. The Morgan fingerprint density at radius 3 is 2.60 bits per heavy atom. The number of nitrogens with zero attached hydrogens (tertiary/aromatic N) is 1. The van der Waals surface area contributed by atoms with Gasteiger partial charge in [-0.1, -0.05) is 41.9 Å². The van der Waals surface area contributed by atoms with E-state index in [1.54, 1.807) is 6.07 Å². The average molecular weight is 357 g/mol. The molecule has 0 aromatic heterocycles. The smallest absolute Gasteiger partial charge is 0.271 e. The highest BCUT2D eigenvalue weighted by atomic mass is 35.5. The molecule has 0 aliphatic rings. The number of hydrogen-bond donors (Lipinski definition) is 1. The van der Waals surface area contributed by atoms with Gasteiger partial charge in [0.15, 0.2) is 6.61 Å². The second-order valence-corrected chi connectivity index (χ2v) is 5.67. The zero-order valence-electron chi connectivity index (χ0n) is 12.9. The third-order valence-corrected chi connectivity index (χ3v) is 3.86. The van der Waals surface area contributed by atoms with Crippen molar-refractivity contribution in [3.8, 4) is 5.75 Å². The van der Waals surface area contributed by atoms with Crippen LogP contribution in [-0.4, -0.2) is 17.4 Å². The van der Waals surface area contributed by atoms with Gasteiger partial charge >= 0.3 is 0 Å². The fourth-order valence-corrected chi connectivity index (χ4v) is 2.48. The molecular formula is C18H13ClN2O4. The van der Waals surface area contributed by atoms with E-state index in [0.29, 0.717) is 5.75 Å². The molecule has 1 N–H and O–H groups in total. The Balaban J connectivity index is 1.66. The lowest BCUT2D eigenvalue weighted by Crippen LogP contribution is -2.20. The molecule has 6 nitrogen and oxygen atoms in total. The van der Waals surface area contributed by atoms with Crippen molar-refractivity contribution in [3.05, 3.63) is 75.8 Å². The molecule has 0 radical (unpaired) electrons. The van der Waals surface area contributed by atoms with Gasteiger partial charge in [0, 0.05) is 12.1 Å². The summed E-state index contributed by atoms with van der Waals surface area (Å²) in [6, 6.07) is 17.1. The van der Waals surface area contributed by atoms with Crippen molar-refractivity contribution in [2.75, 3.05) is 11.9 Å². The molecule has 3 rings (SSSR count). The maximum absolute atomic E-state index is 12.0. The number of rotatable bonds is 5. The van der Waals surface area contributed by atoms with Gasteiger partial charge in [0.2, 0.25) is 0 Å². The Bertz CT molecular complexity index is 959. The van der Waals surface area contributed by atoms with Gasteiger partial charge in [0.05, 0.1) is 15.6 Å². The fraction of sp³-hybridized carbons (Fsp3) is 0.0556. The maximum Gasteiger partial charge on any atom is 0.271 e. The van der Waals surface area contributed by atoms with Crippen LogP contribution in [0.4, 0.5) is 11.4 Å². The first kappa shape index (κ1) is 16.7. The van der Waals surface area contributed by atoms with Crippen LogP contribution in [-0.2, 0) is 4.79 Å². The molecule has 0 heterocycles. The SMILES string of the molecule is O=C(COc1ccc2ccccc2c1)Nc1cc([N+](=O)[O-])ccc1Cl. The number of anilines is 1. The number of amides is 1. The predicted molar refractivity (Wildman–Crippen MR) is 96.2 cm³/mol. The molecule has 126 valence electrons. The number of halogens is 1. The number of nitrogens with one attached hydrogen (secondary N) is 1. The van der Waals surface area contributed by atoms with Crippen LogP contribution in [0, 0.1) is 10.1 Å². The summed E-state index contributed by atoms with van der Waals surface area (Å²) in [5.74, 6) is 0.0922. The molecule has 0 fully saturated rings. The summed E-state index contributed by atoms with van der Waals surface area (Å²) < 4.78 is 5.48. The van der Waals surface area contributed by atoms with Gasteiger partial charge in [-0.15, -0.1) is 0 Å². The first-order chi connectivity index (χ1) is 12.0. The van der Waals surface area contributed by atoms with E-state index in [0.717, 1.165) is 10.8 Å². The zero-order chi connectivity index (χ0) is 17.8. The quantitative estimate of drug-likeness (QED) is 0.542. The van der Waals surface area contributed by atoms with E-state index < -0.39 is 10.8 Å². The van der Waals surface area contributed by atoms with Crippen LogP contribution >= 0.6 is 11.6 Å². The molecule has 1 amide bonds. The van der Waals surface area contributed by atoms with Gasteiger partial charge in [0.25, 0.3) is 11.6 Å². The second kappa shape index (κ2) is 7.19. The molecule has 0 saturated carbocycles. The zero-order valence-corrected chi connectivity index (χ0v) is 13.7. The highest BCUT2D eigenvalue weighted by Gasteiger charge is 2.12. The van der Waals surface area contributed by atoms with Gasteiger partial charge in [-0.25, -0.2) is 0 Å². The molecular weight excluding hydrogens is 344 g/mol. The number of non-ortho nitro benzene ring substituents is 1. The van der Waals surface area contributed by atoms with E-state index in [4.69, 9.17) is 16.3 Å². The monoisotopic (exact) mass is 356 g/mol. The Morgan fingerprint density at radius 1 is 1.08 bits per heavy atom. The van der Waals surface area contributed by atoms with Crippen LogP contribution < -0.4 is 10.1 Å². The third kappa shape index (κ3) is 4.05. The van der Waals surface area contributed by atoms with E-state index in [9.17, 15) is 14.9 Å². The van der Waals surface area contributed by atoms with Crippen molar-refractivity contribution in [1.29, 1.82) is 0 Å². The first-order valence-corrected chi connectivity index (χ1v) is 7.76. The van der Waals surface area contributed by atoms with Crippen LogP contribution in [0.2, 0.25) is 5.02 Å². The van der Waals surface area contributed by atoms with E-state index in [1.807, 2.05) is 36.4 Å². The lowest BCUT2D eigenvalue weighted by atomic mass is 10.1. The lowest BCUT2D eigenvalue weighted by Gasteiger charge is -2.09. The summed E-state index contributed by atoms with van der Waals surface area (Å²) in [6.07, 6.45) is 0. The van der Waals surface area contributed by atoms with Crippen LogP contribution in [0.25, 0.3) is 10.8 Å². The van der Waals surface area contributed by atoms with Crippen LogP contribution in [0.1, 0.15) is 0 Å². The average Bonchev–Trinajstić information content (AvgIpc) is 2.61. The lowest BCUT2D eigenvalue weighted by molar-refractivity contribution is -0.384. The summed E-state index contributed by atoms with van der Waals surface area (Å²) in [4.78, 5) is 22.3. The van der Waals surface area contributed by atoms with Crippen molar-refractivity contribution < 1.29 is 14.5 Å². The standard InChI is InChI=1S/C18H13ClN2O4/c19-16-8-6-14(21(23)24)10-17(16)20-18(22)11-25-15-7-5-12-3-1-2-4-13(12)9-15/h1-10H,11H2,(H,20,22). The number of hydrogen-bond acceptors (Lipinski definition) is 4. The molecule has 0 saturated heterocycles. The highest BCUT2D eigenvalue weighted by molar-refractivity contribution is 6.33. The van der Waals surface area contributed by atoms with Crippen molar-refractivity contribution >= 4 is 39.7 Å². The van der Waals surface area contributed by atoms with E-state index >= 15 is 0 Å². The molecule has 25 heavy (non-hydrogen) atoms. The number of carbonyl (C=O) groups is 1. The number of ether oxygens (including phenoxy) is 1. The topological polar surface area (TPSA) is 81.5 Å². The minimum Gasteiger partial charge on any atom is -0.484 e. The molecule has 0 atom stereocenters. The van der Waals surface area contributed by atoms with Crippen molar-refractivity contribution in [2.24, 2.45) is 0 Å². The Kier molecular flexibility index (Phi) is 4.81. The van der Waals surface area contributed by atoms with Crippen molar-refractivity contribution in [1.82, 2.24) is 0 Å². The number of nitro benzene ring substituents is 1. The minimum absolute atomic E-state index is 0.157. The first-order valence-electron chi connectivity index (χ1n) is 7.38. The number of benzene rings is 3. The molecule has 0 spiro atoms. The number of nitro groups is 1. The van der Waals surface area contributed by atoms with Crippen LogP contribution in [0.5, 0.6) is 5.75 Å². The predicted octanol–water partition coefficient (Wildman–Crippen LogP) is 4.42. The third-order valence-electron chi connectivity index (χ3n) is 3.53. The maximum atomic E-state index is 12.0. The summed E-state index contributed by atoms with van der Waals surface area (Å²) in [6.45, 7) is -0.239. The highest BCUT2D eigenvalue weighted by Crippen LogP contribution is 2.26. The van der Waals surface area contributed by atoms with Crippen molar-refractivity contribution in [3.63, 3.8) is 0 Å². The molecule has 0 aliphatic carbocycles. The summed E-state index contributed by atoms with van der Waals surface area (Å²) in [5.41, 5.74) is 0.0122. The van der Waals surface area contributed by atoms with Gasteiger partial charge in [-0.05, 0) is 29.0 Å². The van der Waals surface area contributed by atoms with E-state index in [2.05, 4.69) is 5.32 Å².